The number of rotatable bonds is 2. The molecule has 5 nitrogen and oxygen atoms in total. The van der Waals surface area contributed by atoms with E-state index in [1.165, 1.54) is 0 Å². The minimum atomic E-state index is -0.0446. The van der Waals surface area contributed by atoms with Crippen molar-refractivity contribution in [3.05, 3.63) is 24.3 Å². The molecule has 0 unspecified atom stereocenters. The highest BCUT2D eigenvalue weighted by atomic mass is 16.5. The highest BCUT2D eigenvalue weighted by Crippen LogP contribution is 2.19. The Morgan fingerprint density at radius 1 is 1.19 bits per heavy atom. The van der Waals surface area contributed by atoms with E-state index in [1.807, 2.05) is 29.2 Å². The molecule has 1 aromatic carbocycles. The van der Waals surface area contributed by atoms with Crippen LogP contribution in [0.2, 0.25) is 0 Å². The van der Waals surface area contributed by atoms with Crippen molar-refractivity contribution in [2.75, 3.05) is 38.6 Å². The standard InChI is InChI=1S/C16H25N3O2/c1-16(2,3)19-10-8-18(9-11-19)15(20)17-13-6-5-7-14(12-13)21-4/h5-7,12H,8-11H2,1-4H3,(H,17,20). The van der Waals surface area contributed by atoms with E-state index in [0.29, 0.717) is 0 Å². The molecule has 21 heavy (non-hydrogen) atoms. The lowest BCUT2D eigenvalue weighted by molar-refractivity contribution is 0.0774. The van der Waals surface area contributed by atoms with Crippen LogP contribution in [-0.2, 0) is 0 Å². The normalized spacial score (nSPS) is 16.7. The Hall–Kier alpha value is -1.75. The molecule has 1 aliphatic rings. The highest BCUT2D eigenvalue weighted by Gasteiger charge is 2.27. The van der Waals surface area contributed by atoms with Gasteiger partial charge in [-0.2, -0.15) is 0 Å². The molecule has 0 radical (unpaired) electrons. The van der Waals surface area contributed by atoms with Crippen LogP contribution in [-0.4, -0.2) is 54.7 Å². The minimum Gasteiger partial charge on any atom is -0.497 e. The van der Waals surface area contributed by atoms with Crippen LogP contribution in [0.5, 0.6) is 5.75 Å². The molecule has 1 heterocycles. The van der Waals surface area contributed by atoms with Crippen LogP contribution in [0.15, 0.2) is 24.3 Å². The largest absolute Gasteiger partial charge is 0.497 e. The molecule has 0 spiro atoms. The molecule has 2 rings (SSSR count). The SMILES string of the molecule is COc1cccc(NC(=O)N2CCN(C(C)(C)C)CC2)c1. The molecule has 116 valence electrons. The molecular weight excluding hydrogens is 266 g/mol. The topological polar surface area (TPSA) is 44.8 Å². The van der Waals surface area contributed by atoms with Crippen molar-refractivity contribution in [2.45, 2.75) is 26.3 Å². The Morgan fingerprint density at radius 3 is 2.43 bits per heavy atom. The first-order valence-electron chi connectivity index (χ1n) is 7.35. The van der Waals surface area contributed by atoms with Gasteiger partial charge in [0, 0.05) is 43.5 Å². The monoisotopic (exact) mass is 291 g/mol. The van der Waals surface area contributed by atoms with Gasteiger partial charge in [-0.1, -0.05) is 6.07 Å². The van der Waals surface area contributed by atoms with E-state index in [2.05, 4.69) is 31.0 Å². The first-order chi connectivity index (χ1) is 9.90. The zero-order valence-electron chi connectivity index (χ0n) is 13.3. The van der Waals surface area contributed by atoms with Crippen molar-refractivity contribution in [3.63, 3.8) is 0 Å². The molecule has 0 bridgehead atoms. The Labute approximate surface area is 126 Å². The third kappa shape index (κ3) is 4.11. The van der Waals surface area contributed by atoms with Gasteiger partial charge < -0.3 is 15.0 Å². The number of carbonyl (C=O) groups is 1. The van der Waals surface area contributed by atoms with Crippen molar-refractivity contribution in [1.29, 1.82) is 0 Å². The minimum absolute atomic E-state index is 0.0446. The average Bonchev–Trinajstić information content (AvgIpc) is 2.46. The Balaban J connectivity index is 1.90. The number of hydrogen-bond donors (Lipinski definition) is 1. The second-order valence-corrected chi connectivity index (χ2v) is 6.31. The Kier molecular flexibility index (Phi) is 4.73. The summed E-state index contributed by atoms with van der Waals surface area (Å²) in [5.74, 6) is 0.741. The number of amides is 2. The maximum atomic E-state index is 12.3. The molecule has 1 fully saturated rings. The van der Waals surface area contributed by atoms with Crippen molar-refractivity contribution in [2.24, 2.45) is 0 Å². The number of anilines is 1. The molecule has 1 aromatic rings. The molecular formula is C16H25N3O2. The Bertz CT molecular complexity index is 489. The third-order valence-corrected chi connectivity index (χ3v) is 3.84. The molecule has 1 aliphatic heterocycles. The van der Waals surface area contributed by atoms with Crippen LogP contribution in [0.25, 0.3) is 0 Å². The number of piperazine rings is 1. The smallest absolute Gasteiger partial charge is 0.321 e. The summed E-state index contributed by atoms with van der Waals surface area (Å²) in [6.45, 7) is 9.96. The first kappa shape index (κ1) is 15.6. The summed E-state index contributed by atoms with van der Waals surface area (Å²) in [4.78, 5) is 16.5. The molecule has 2 amide bonds. The number of nitrogens with zero attached hydrogens (tertiary/aromatic N) is 2. The van der Waals surface area contributed by atoms with Crippen molar-refractivity contribution in [1.82, 2.24) is 9.80 Å². The van der Waals surface area contributed by atoms with E-state index >= 15 is 0 Å². The second kappa shape index (κ2) is 6.35. The predicted octanol–water partition coefficient (Wildman–Crippen LogP) is 2.64. The summed E-state index contributed by atoms with van der Waals surface area (Å²) in [5.41, 5.74) is 0.924. The van der Waals surface area contributed by atoms with Gasteiger partial charge in [0.2, 0.25) is 0 Å². The fourth-order valence-corrected chi connectivity index (χ4v) is 2.48. The van der Waals surface area contributed by atoms with Gasteiger partial charge in [0.25, 0.3) is 0 Å². The zero-order chi connectivity index (χ0) is 15.5. The predicted molar refractivity (Wildman–Crippen MR) is 84.9 cm³/mol. The Morgan fingerprint density at radius 2 is 1.86 bits per heavy atom. The van der Waals surface area contributed by atoms with E-state index in [1.54, 1.807) is 7.11 Å². The lowest BCUT2D eigenvalue weighted by Crippen LogP contribution is -2.55. The number of nitrogens with one attached hydrogen (secondary N) is 1. The quantitative estimate of drug-likeness (QED) is 0.911. The summed E-state index contributed by atoms with van der Waals surface area (Å²) in [7, 11) is 1.62. The number of carbonyl (C=O) groups excluding carboxylic acids is 1. The highest BCUT2D eigenvalue weighted by molar-refractivity contribution is 5.89. The zero-order valence-corrected chi connectivity index (χ0v) is 13.3. The number of urea groups is 1. The first-order valence-corrected chi connectivity index (χ1v) is 7.35. The lowest BCUT2D eigenvalue weighted by atomic mass is 10.1. The third-order valence-electron chi connectivity index (χ3n) is 3.84. The van der Waals surface area contributed by atoms with E-state index < -0.39 is 0 Å². The molecule has 0 aromatic heterocycles. The van der Waals surface area contributed by atoms with E-state index in [-0.39, 0.29) is 11.6 Å². The fraction of sp³-hybridized carbons (Fsp3) is 0.562. The summed E-state index contributed by atoms with van der Waals surface area (Å²) in [6, 6.07) is 7.37. The van der Waals surface area contributed by atoms with Gasteiger partial charge in [0.1, 0.15) is 5.75 Å². The van der Waals surface area contributed by atoms with E-state index in [4.69, 9.17) is 4.74 Å². The van der Waals surface area contributed by atoms with Gasteiger partial charge in [-0.05, 0) is 32.9 Å². The van der Waals surface area contributed by atoms with Gasteiger partial charge >= 0.3 is 6.03 Å². The summed E-state index contributed by atoms with van der Waals surface area (Å²) >= 11 is 0. The molecule has 5 heteroatoms. The summed E-state index contributed by atoms with van der Waals surface area (Å²) in [5, 5.41) is 2.93. The van der Waals surface area contributed by atoms with Gasteiger partial charge in [-0.3, -0.25) is 4.90 Å². The van der Waals surface area contributed by atoms with Crippen LogP contribution in [0.1, 0.15) is 20.8 Å². The summed E-state index contributed by atoms with van der Waals surface area (Å²) < 4.78 is 5.16. The van der Waals surface area contributed by atoms with Gasteiger partial charge in [-0.15, -0.1) is 0 Å². The lowest BCUT2D eigenvalue weighted by Gasteiger charge is -2.42. The van der Waals surface area contributed by atoms with Crippen LogP contribution < -0.4 is 10.1 Å². The molecule has 0 aliphatic carbocycles. The van der Waals surface area contributed by atoms with Crippen molar-refractivity contribution >= 4 is 11.7 Å². The van der Waals surface area contributed by atoms with E-state index in [0.717, 1.165) is 37.6 Å². The van der Waals surface area contributed by atoms with Gasteiger partial charge in [0.05, 0.1) is 7.11 Å². The van der Waals surface area contributed by atoms with Gasteiger partial charge in [-0.25, -0.2) is 4.79 Å². The molecule has 0 atom stereocenters. The van der Waals surface area contributed by atoms with Crippen molar-refractivity contribution in [3.8, 4) is 5.75 Å². The van der Waals surface area contributed by atoms with Gasteiger partial charge in [0.15, 0.2) is 0 Å². The van der Waals surface area contributed by atoms with E-state index in [9.17, 15) is 4.79 Å². The number of ether oxygens (including phenoxy) is 1. The second-order valence-electron chi connectivity index (χ2n) is 6.31. The van der Waals surface area contributed by atoms with Crippen LogP contribution in [0.3, 0.4) is 0 Å². The van der Waals surface area contributed by atoms with Crippen LogP contribution in [0.4, 0.5) is 10.5 Å². The molecule has 1 saturated heterocycles. The average molecular weight is 291 g/mol. The molecule has 0 saturated carbocycles. The number of methoxy groups -OCH3 is 1. The number of hydrogen-bond acceptors (Lipinski definition) is 3. The van der Waals surface area contributed by atoms with Crippen LogP contribution in [0, 0.1) is 0 Å². The fourth-order valence-electron chi connectivity index (χ4n) is 2.48. The maximum absolute atomic E-state index is 12.3. The van der Waals surface area contributed by atoms with Crippen molar-refractivity contribution < 1.29 is 9.53 Å². The number of benzene rings is 1. The molecule has 1 N–H and O–H groups in total. The maximum Gasteiger partial charge on any atom is 0.321 e. The van der Waals surface area contributed by atoms with Crippen LogP contribution >= 0.6 is 0 Å². The summed E-state index contributed by atoms with van der Waals surface area (Å²) in [6.07, 6.45) is 0.